The highest BCUT2D eigenvalue weighted by Crippen LogP contribution is 2.29. The summed E-state index contributed by atoms with van der Waals surface area (Å²) in [5.41, 5.74) is 1.32. The molecule has 1 aromatic rings. The van der Waals surface area contributed by atoms with Crippen LogP contribution < -0.4 is 5.32 Å². The normalized spacial score (nSPS) is 24.6. The number of nitrogens with zero attached hydrogens (tertiary/aromatic N) is 1. The summed E-state index contributed by atoms with van der Waals surface area (Å²) in [6.07, 6.45) is 1.38. The Morgan fingerprint density at radius 2 is 2.32 bits per heavy atom. The zero-order chi connectivity index (χ0) is 13.7. The zero-order valence-electron chi connectivity index (χ0n) is 11.7. The molecule has 0 radical (unpaired) electrons. The van der Waals surface area contributed by atoms with Crippen molar-refractivity contribution in [3.63, 3.8) is 0 Å². The lowest BCUT2D eigenvalue weighted by atomic mass is 9.98. The second-order valence-corrected chi connectivity index (χ2v) is 6.01. The Kier molecular flexibility index (Phi) is 5.82. The first kappa shape index (κ1) is 15.0. The van der Waals surface area contributed by atoms with E-state index in [0.717, 1.165) is 37.1 Å². The molecule has 3 nitrogen and oxygen atoms in total. The monoisotopic (exact) mass is 326 g/mol. The third kappa shape index (κ3) is 4.02. The van der Waals surface area contributed by atoms with Crippen molar-refractivity contribution in [1.29, 1.82) is 0 Å². The molecule has 1 N–H and O–H groups in total. The standard InChI is InChI=1S/C15H23BrN2O/c1-3-7-17-11-14-15(18(2)8-9-19-14)12-5-4-6-13(16)10-12/h4-6,10,14-15,17H,3,7-9,11H2,1-2H3. The maximum atomic E-state index is 5.98. The fraction of sp³-hybridized carbons (Fsp3) is 0.600. The molecule has 106 valence electrons. The zero-order valence-corrected chi connectivity index (χ0v) is 13.3. The molecule has 2 rings (SSSR count). The predicted molar refractivity (Wildman–Crippen MR) is 82.4 cm³/mol. The minimum Gasteiger partial charge on any atom is -0.374 e. The first-order chi connectivity index (χ1) is 9.22. The summed E-state index contributed by atoms with van der Waals surface area (Å²) in [5, 5.41) is 3.48. The molecule has 19 heavy (non-hydrogen) atoms. The first-order valence-electron chi connectivity index (χ1n) is 7.00. The number of likely N-dealkylation sites (N-methyl/N-ethyl adjacent to an activating group) is 1. The van der Waals surface area contributed by atoms with Gasteiger partial charge in [-0.1, -0.05) is 35.0 Å². The van der Waals surface area contributed by atoms with Gasteiger partial charge in [0.25, 0.3) is 0 Å². The van der Waals surface area contributed by atoms with E-state index in [2.05, 4.69) is 64.4 Å². The van der Waals surface area contributed by atoms with Crippen LogP contribution in [0.4, 0.5) is 0 Å². The van der Waals surface area contributed by atoms with Crippen molar-refractivity contribution >= 4 is 15.9 Å². The molecule has 0 saturated carbocycles. The number of nitrogens with one attached hydrogen (secondary N) is 1. The average molecular weight is 327 g/mol. The molecule has 2 unspecified atom stereocenters. The largest absolute Gasteiger partial charge is 0.374 e. The number of benzene rings is 1. The Hall–Kier alpha value is -0.420. The number of hydrogen-bond donors (Lipinski definition) is 1. The Morgan fingerprint density at radius 3 is 3.05 bits per heavy atom. The highest BCUT2D eigenvalue weighted by atomic mass is 79.9. The maximum absolute atomic E-state index is 5.98. The summed E-state index contributed by atoms with van der Waals surface area (Å²) in [5.74, 6) is 0. The molecule has 1 saturated heterocycles. The number of morpholine rings is 1. The summed E-state index contributed by atoms with van der Waals surface area (Å²) in [4.78, 5) is 2.39. The lowest BCUT2D eigenvalue weighted by Gasteiger charge is -2.39. The molecule has 1 aliphatic heterocycles. The van der Waals surface area contributed by atoms with Crippen molar-refractivity contribution in [3.05, 3.63) is 34.3 Å². The Balaban J connectivity index is 2.11. The fourth-order valence-electron chi connectivity index (χ4n) is 2.61. The first-order valence-corrected chi connectivity index (χ1v) is 7.79. The molecule has 0 aliphatic carbocycles. The van der Waals surface area contributed by atoms with Crippen LogP contribution in [0.15, 0.2) is 28.7 Å². The van der Waals surface area contributed by atoms with Gasteiger partial charge < -0.3 is 10.1 Å². The molecule has 2 atom stereocenters. The van der Waals surface area contributed by atoms with E-state index in [0.29, 0.717) is 6.04 Å². The molecule has 0 amide bonds. The third-order valence-electron chi connectivity index (χ3n) is 3.57. The van der Waals surface area contributed by atoms with E-state index >= 15 is 0 Å². The molecule has 0 aromatic heterocycles. The highest BCUT2D eigenvalue weighted by molar-refractivity contribution is 9.10. The van der Waals surface area contributed by atoms with Crippen LogP contribution in [0.3, 0.4) is 0 Å². The molecule has 0 bridgehead atoms. The Morgan fingerprint density at radius 1 is 1.47 bits per heavy atom. The van der Waals surface area contributed by atoms with Crippen molar-refractivity contribution in [3.8, 4) is 0 Å². The highest BCUT2D eigenvalue weighted by Gasteiger charge is 2.31. The number of rotatable bonds is 5. The minimum absolute atomic E-state index is 0.222. The summed E-state index contributed by atoms with van der Waals surface area (Å²) >= 11 is 3.56. The van der Waals surface area contributed by atoms with Crippen LogP contribution in [0, 0.1) is 0 Å². The van der Waals surface area contributed by atoms with Gasteiger partial charge >= 0.3 is 0 Å². The minimum atomic E-state index is 0.222. The fourth-order valence-corrected chi connectivity index (χ4v) is 3.03. The van der Waals surface area contributed by atoms with E-state index in [1.165, 1.54) is 5.56 Å². The van der Waals surface area contributed by atoms with Crippen LogP contribution in [0.5, 0.6) is 0 Å². The predicted octanol–water partition coefficient (Wildman–Crippen LogP) is 2.82. The molecular weight excluding hydrogens is 304 g/mol. The van der Waals surface area contributed by atoms with Crippen LogP contribution in [0.2, 0.25) is 0 Å². The van der Waals surface area contributed by atoms with Gasteiger partial charge in [0.15, 0.2) is 0 Å². The molecule has 1 fully saturated rings. The van der Waals surface area contributed by atoms with E-state index in [4.69, 9.17) is 4.74 Å². The van der Waals surface area contributed by atoms with E-state index in [-0.39, 0.29) is 6.10 Å². The van der Waals surface area contributed by atoms with Gasteiger partial charge in [0.2, 0.25) is 0 Å². The van der Waals surface area contributed by atoms with Gasteiger partial charge in [-0.05, 0) is 37.7 Å². The van der Waals surface area contributed by atoms with Crippen LogP contribution in [0.25, 0.3) is 0 Å². The number of hydrogen-bond acceptors (Lipinski definition) is 3. The molecule has 1 aromatic carbocycles. The van der Waals surface area contributed by atoms with E-state index in [9.17, 15) is 0 Å². The third-order valence-corrected chi connectivity index (χ3v) is 4.06. The van der Waals surface area contributed by atoms with Gasteiger partial charge in [-0.15, -0.1) is 0 Å². The molecule has 4 heteroatoms. The van der Waals surface area contributed by atoms with Gasteiger partial charge in [0.1, 0.15) is 0 Å². The Bertz CT molecular complexity index is 399. The van der Waals surface area contributed by atoms with Crippen molar-refractivity contribution in [1.82, 2.24) is 10.2 Å². The van der Waals surface area contributed by atoms with Crippen molar-refractivity contribution in [2.45, 2.75) is 25.5 Å². The molecule has 0 spiro atoms. The van der Waals surface area contributed by atoms with Gasteiger partial charge in [-0.2, -0.15) is 0 Å². The van der Waals surface area contributed by atoms with Gasteiger partial charge in [-0.25, -0.2) is 0 Å². The van der Waals surface area contributed by atoms with Crippen LogP contribution >= 0.6 is 15.9 Å². The smallest absolute Gasteiger partial charge is 0.0896 e. The molecular formula is C15H23BrN2O. The molecule has 1 heterocycles. The second kappa shape index (κ2) is 7.39. The summed E-state index contributed by atoms with van der Waals surface area (Å²) in [6.45, 7) is 5.96. The van der Waals surface area contributed by atoms with Gasteiger partial charge in [-0.3, -0.25) is 4.90 Å². The SMILES string of the molecule is CCCNCC1OCCN(C)C1c1cccc(Br)c1. The van der Waals surface area contributed by atoms with E-state index in [1.807, 2.05) is 0 Å². The van der Waals surface area contributed by atoms with Crippen molar-refractivity contribution < 1.29 is 4.74 Å². The summed E-state index contributed by atoms with van der Waals surface area (Å²) in [7, 11) is 2.18. The topological polar surface area (TPSA) is 24.5 Å². The quantitative estimate of drug-likeness (QED) is 0.842. The van der Waals surface area contributed by atoms with Crippen LogP contribution in [-0.4, -0.2) is 44.3 Å². The second-order valence-electron chi connectivity index (χ2n) is 5.09. The Labute approximate surface area is 124 Å². The average Bonchev–Trinajstić information content (AvgIpc) is 2.39. The van der Waals surface area contributed by atoms with E-state index < -0.39 is 0 Å². The van der Waals surface area contributed by atoms with Crippen LogP contribution in [0.1, 0.15) is 24.9 Å². The van der Waals surface area contributed by atoms with Crippen LogP contribution in [-0.2, 0) is 4.74 Å². The van der Waals surface area contributed by atoms with Gasteiger partial charge in [0, 0.05) is 17.6 Å². The summed E-state index contributed by atoms with van der Waals surface area (Å²) in [6, 6.07) is 8.88. The van der Waals surface area contributed by atoms with Crippen molar-refractivity contribution in [2.75, 3.05) is 33.3 Å². The lowest BCUT2D eigenvalue weighted by Crippen LogP contribution is -2.47. The number of ether oxygens (including phenoxy) is 1. The van der Waals surface area contributed by atoms with Crippen molar-refractivity contribution in [2.24, 2.45) is 0 Å². The van der Waals surface area contributed by atoms with Gasteiger partial charge in [0.05, 0.1) is 18.8 Å². The maximum Gasteiger partial charge on any atom is 0.0896 e. The summed E-state index contributed by atoms with van der Waals surface area (Å²) < 4.78 is 7.11. The molecule has 1 aliphatic rings. The van der Waals surface area contributed by atoms with E-state index in [1.54, 1.807) is 0 Å². The number of halogens is 1. The lowest BCUT2D eigenvalue weighted by molar-refractivity contribution is -0.0612.